The maximum absolute atomic E-state index is 16.1. The van der Waals surface area contributed by atoms with Crippen molar-refractivity contribution in [3.05, 3.63) is 70.9 Å². The molecular weight excluding hydrogens is 712 g/mol. The highest BCUT2D eigenvalue weighted by Gasteiger charge is 2.59. The Labute approximate surface area is 272 Å². The molecule has 7 rings (SSSR count). The summed E-state index contributed by atoms with van der Waals surface area (Å²) in [6.07, 6.45) is -6.50. The lowest BCUT2D eigenvalue weighted by Crippen LogP contribution is -2.21. The fourth-order valence-electron chi connectivity index (χ4n) is 6.02. The van der Waals surface area contributed by atoms with Crippen LogP contribution in [0.2, 0.25) is 0 Å². The van der Waals surface area contributed by atoms with Gasteiger partial charge >= 0.3 is 6.18 Å². The Bertz CT molecular complexity index is 2160. The summed E-state index contributed by atoms with van der Waals surface area (Å²) in [6.45, 7) is 0. The van der Waals surface area contributed by atoms with Gasteiger partial charge in [0.05, 0.1) is 44.4 Å². The molecule has 2 N–H and O–H groups in total. The Kier molecular flexibility index (Phi) is 7.56. The molecule has 4 aromatic rings. The summed E-state index contributed by atoms with van der Waals surface area (Å²) in [5.74, 6) is -3.08. The predicted molar refractivity (Wildman–Crippen MR) is 161 cm³/mol. The highest BCUT2D eigenvalue weighted by atomic mass is 32.2. The summed E-state index contributed by atoms with van der Waals surface area (Å²) >= 11 is 0.828. The molecule has 9 nitrogen and oxygen atoms in total. The Morgan fingerprint density at radius 1 is 0.979 bits per heavy atom. The first-order valence-corrected chi connectivity index (χ1v) is 18.4. The van der Waals surface area contributed by atoms with Crippen LogP contribution in [0.4, 0.5) is 42.4 Å². The van der Waals surface area contributed by atoms with Crippen molar-refractivity contribution in [3.8, 4) is 21.8 Å². The first-order valence-electron chi connectivity index (χ1n) is 14.3. The summed E-state index contributed by atoms with van der Waals surface area (Å²) < 4.78 is 151. The van der Waals surface area contributed by atoms with Crippen LogP contribution in [-0.4, -0.2) is 55.8 Å². The molecule has 3 heterocycles. The number of thiazole rings is 1. The van der Waals surface area contributed by atoms with Gasteiger partial charge in [-0.15, -0.1) is 11.3 Å². The molecule has 19 heteroatoms. The first-order chi connectivity index (χ1) is 22.5. The molecule has 1 saturated heterocycles. The van der Waals surface area contributed by atoms with E-state index in [4.69, 9.17) is 0 Å². The van der Waals surface area contributed by atoms with E-state index in [1.165, 1.54) is 18.3 Å². The number of anilines is 2. The summed E-state index contributed by atoms with van der Waals surface area (Å²) in [5, 5.41) is 3.07. The largest absolute Gasteiger partial charge is 0.417 e. The van der Waals surface area contributed by atoms with Gasteiger partial charge in [-0.25, -0.2) is 49.3 Å². The average Bonchev–Trinajstić information content (AvgIpc) is 3.83. The van der Waals surface area contributed by atoms with E-state index in [9.17, 15) is 43.2 Å². The normalized spacial score (nSPS) is 22.4. The van der Waals surface area contributed by atoms with Crippen LogP contribution in [0.5, 0.6) is 0 Å². The molecule has 3 atom stereocenters. The van der Waals surface area contributed by atoms with Gasteiger partial charge in [0.1, 0.15) is 15.7 Å². The van der Waals surface area contributed by atoms with E-state index in [1.54, 1.807) is 4.72 Å². The molecule has 2 aromatic heterocycles. The van der Waals surface area contributed by atoms with Crippen LogP contribution in [0.25, 0.3) is 21.8 Å². The number of halogens is 7. The number of fused-ring (bicyclic) bond motifs is 1. The molecule has 2 aromatic carbocycles. The standard InChI is InChI=1S/C29H22F7N5O4S3/c30-17-5-2-4-16(29(34,35)36)24(17)48(44,45)41-18-6-1-3-13(20(18)31)22-23(46-26(39-22)28(8-9-28)25(32)33)19-7-10-37-27(38-19)40-21-14-11-47(42,43)12-15(14)21/h1-7,10,14-15,21,25,41H,8-9,11-12H2,(H,37,38,40)/t14-,15+,21?. The fraction of sp³-hybridized carbons (Fsp3) is 0.345. The van der Waals surface area contributed by atoms with E-state index in [0.29, 0.717) is 18.2 Å². The Balaban J connectivity index is 1.27. The van der Waals surface area contributed by atoms with E-state index in [-0.39, 0.29) is 69.4 Å². The van der Waals surface area contributed by atoms with Crippen molar-refractivity contribution in [1.82, 2.24) is 15.0 Å². The maximum atomic E-state index is 16.1. The Hall–Kier alpha value is -3.84. The molecule has 0 radical (unpaired) electrons. The van der Waals surface area contributed by atoms with Gasteiger partial charge in [0, 0.05) is 17.8 Å². The second kappa shape index (κ2) is 11.1. The molecule has 2 saturated carbocycles. The smallest absolute Gasteiger partial charge is 0.351 e. The van der Waals surface area contributed by atoms with Crippen LogP contribution < -0.4 is 10.0 Å². The lowest BCUT2D eigenvalue weighted by atomic mass is 10.1. The lowest BCUT2D eigenvalue weighted by Gasteiger charge is -2.16. The van der Waals surface area contributed by atoms with Crippen LogP contribution in [0.1, 0.15) is 23.4 Å². The summed E-state index contributed by atoms with van der Waals surface area (Å²) in [4.78, 5) is 11.4. The van der Waals surface area contributed by atoms with Crippen molar-refractivity contribution in [2.45, 2.75) is 41.8 Å². The second-order valence-electron chi connectivity index (χ2n) is 11.9. The van der Waals surface area contributed by atoms with Gasteiger partial charge in [-0.2, -0.15) is 13.2 Å². The molecule has 2 aliphatic carbocycles. The minimum absolute atomic E-state index is 0.0240. The summed E-state index contributed by atoms with van der Waals surface area (Å²) in [7, 11) is -8.47. The van der Waals surface area contributed by atoms with Gasteiger partial charge < -0.3 is 5.32 Å². The van der Waals surface area contributed by atoms with Gasteiger partial charge in [0.15, 0.2) is 15.7 Å². The topological polar surface area (TPSA) is 131 Å². The van der Waals surface area contributed by atoms with Gasteiger partial charge in [0.25, 0.3) is 10.0 Å². The van der Waals surface area contributed by atoms with Crippen LogP contribution in [0.3, 0.4) is 0 Å². The minimum Gasteiger partial charge on any atom is -0.351 e. The summed E-state index contributed by atoms with van der Waals surface area (Å²) in [6, 6.07) is 6.03. The van der Waals surface area contributed by atoms with E-state index in [0.717, 1.165) is 23.5 Å². The monoisotopic (exact) mass is 733 g/mol. The van der Waals surface area contributed by atoms with Crippen molar-refractivity contribution in [1.29, 1.82) is 0 Å². The Morgan fingerprint density at radius 2 is 1.67 bits per heavy atom. The number of sulfonamides is 1. The molecule has 1 aliphatic heterocycles. The van der Waals surface area contributed by atoms with Gasteiger partial charge in [-0.1, -0.05) is 12.1 Å². The van der Waals surface area contributed by atoms with Crippen molar-refractivity contribution in [2.24, 2.45) is 11.8 Å². The van der Waals surface area contributed by atoms with Gasteiger partial charge in [-0.05, 0) is 55.0 Å². The second-order valence-corrected chi connectivity index (χ2v) is 16.7. The highest BCUT2D eigenvalue weighted by molar-refractivity contribution is 7.92. The molecule has 3 fully saturated rings. The highest BCUT2D eigenvalue weighted by Crippen LogP contribution is 2.56. The molecule has 3 aliphatic rings. The zero-order chi connectivity index (χ0) is 34.4. The molecular formula is C29H22F7N5O4S3. The van der Waals surface area contributed by atoms with E-state index >= 15 is 4.39 Å². The molecule has 0 spiro atoms. The number of nitrogens with zero attached hydrogens (tertiary/aromatic N) is 3. The van der Waals surface area contributed by atoms with Crippen LogP contribution >= 0.6 is 11.3 Å². The third-order valence-electron chi connectivity index (χ3n) is 8.71. The van der Waals surface area contributed by atoms with Crippen LogP contribution in [-0.2, 0) is 31.5 Å². The SMILES string of the molecule is O=S1(=O)C[C@@H]2C(Nc3nccc(-c4sc(C5(C(F)F)CC5)nc4-c4cccc(NS(=O)(=O)c5c(F)cccc5C(F)(F)F)c4F)n3)[C@@H]2C1. The zero-order valence-corrected chi connectivity index (χ0v) is 26.6. The molecule has 1 unspecified atom stereocenters. The third-order valence-corrected chi connectivity index (χ3v) is 13.2. The first kappa shape index (κ1) is 32.7. The number of nitrogens with one attached hydrogen (secondary N) is 2. The van der Waals surface area contributed by atoms with E-state index in [1.807, 2.05) is 0 Å². The number of aromatic nitrogens is 3. The minimum atomic E-state index is -5.35. The van der Waals surface area contributed by atoms with Crippen molar-refractivity contribution >= 4 is 42.8 Å². The molecule has 0 amide bonds. The summed E-state index contributed by atoms with van der Waals surface area (Å²) in [5.41, 5.74) is -4.68. The van der Waals surface area contributed by atoms with Crippen molar-refractivity contribution in [2.75, 3.05) is 21.5 Å². The molecule has 254 valence electrons. The number of sulfone groups is 1. The van der Waals surface area contributed by atoms with Gasteiger partial charge in [-0.3, -0.25) is 4.72 Å². The van der Waals surface area contributed by atoms with E-state index in [2.05, 4.69) is 20.3 Å². The molecule has 0 bridgehead atoms. The van der Waals surface area contributed by atoms with Crippen molar-refractivity contribution in [3.63, 3.8) is 0 Å². The molecule has 48 heavy (non-hydrogen) atoms. The average molecular weight is 734 g/mol. The number of rotatable bonds is 9. The number of hydrogen-bond acceptors (Lipinski definition) is 9. The third kappa shape index (κ3) is 5.68. The van der Waals surface area contributed by atoms with Crippen molar-refractivity contribution < 1.29 is 47.6 Å². The quantitative estimate of drug-likeness (QED) is 0.197. The van der Waals surface area contributed by atoms with Crippen LogP contribution in [0.15, 0.2) is 53.6 Å². The zero-order valence-electron chi connectivity index (χ0n) is 24.1. The number of hydrogen-bond donors (Lipinski definition) is 2. The maximum Gasteiger partial charge on any atom is 0.417 e. The lowest BCUT2D eigenvalue weighted by molar-refractivity contribution is -0.140. The Morgan fingerprint density at radius 3 is 2.31 bits per heavy atom. The number of alkyl halides is 5. The van der Waals surface area contributed by atoms with E-state index < -0.39 is 71.2 Å². The van der Waals surface area contributed by atoms with Gasteiger partial charge in [0.2, 0.25) is 12.4 Å². The predicted octanol–water partition coefficient (Wildman–Crippen LogP) is 6.12. The van der Waals surface area contributed by atoms with Crippen LogP contribution in [0, 0.1) is 23.5 Å². The fourth-order valence-corrected chi connectivity index (χ4v) is 10.9. The number of benzene rings is 2.